The van der Waals surface area contributed by atoms with Gasteiger partial charge >= 0.3 is 0 Å². The summed E-state index contributed by atoms with van der Waals surface area (Å²) in [5.74, 6) is -0.428. The van der Waals surface area contributed by atoms with Gasteiger partial charge in [0.15, 0.2) is 5.69 Å². The van der Waals surface area contributed by atoms with Crippen molar-refractivity contribution in [2.24, 2.45) is 5.73 Å². The molecular weight excluding hydrogens is 216 g/mol. The molecule has 5 nitrogen and oxygen atoms in total. The fourth-order valence-electron chi connectivity index (χ4n) is 2.52. The number of aromatic nitrogens is 2. The van der Waals surface area contributed by atoms with Crippen molar-refractivity contribution in [1.29, 1.82) is 0 Å². The average Bonchev–Trinajstić information content (AvgIpc) is 2.68. The standard InChI is InChI=1S/C12H20N4O/c1-4-8-10-9(5-6-14-8)16(7(2)3)15-11(10)12(13)17/h7-8,14H,4-6H2,1-3H3,(H2,13,17). The Labute approximate surface area is 101 Å². The minimum Gasteiger partial charge on any atom is -0.364 e. The van der Waals surface area contributed by atoms with Gasteiger partial charge in [-0.1, -0.05) is 6.92 Å². The summed E-state index contributed by atoms with van der Waals surface area (Å²) in [5, 5.41) is 7.80. The molecule has 0 spiro atoms. The summed E-state index contributed by atoms with van der Waals surface area (Å²) >= 11 is 0. The molecule has 1 unspecified atom stereocenters. The largest absolute Gasteiger partial charge is 0.364 e. The third-order valence-corrected chi connectivity index (χ3v) is 3.28. The van der Waals surface area contributed by atoms with Crippen molar-refractivity contribution >= 4 is 5.91 Å². The van der Waals surface area contributed by atoms with Crippen molar-refractivity contribution in [2.45, 2.75) is 45.7 Å². The highest BCUT2D eigenvalue weighted by Gasteiger charge is 2.29. The fourth-order valence-corrected chi connectivity index (χ4v) is 2.52. The Morgan fingerprint density at radius 2 is 2.35 bits per heavy atom. The van der Waals surface area contributed by atoms with Gasteiger partial charge in [0.05, 0.1) is 0 Å². The molecule has 0 fully saturated rings. The minimum absolute atomic E-state index is 0.203. The van der Waals surface area contributed by atoms with E-state index >= 15 is 0 Å². The van der Waals surface area contributed by atoms with E-state index in [-0.39, 0.29) is 12.1 Å². The predicted molar refractivity (Wildman–Crippen MR) is 65.9 cm³/mol. The second kappa shape index (κ2) is 4.49. The van der Waals surface area contributed by atoms with E-state index in [1.165, 1.54) is 5.69 Å². The average molecular weight is 236 g/mol. The van der Waals surface area contributed by atoms with Gasteiger partial charge in [0.1, 0.15) is 0 Å². The predicted octanol–water partition coefficient (Wildman–Crippen LogP) is 1.16. The molecule has 1 amide bonds. The molecule has 1 aromatic heterocycles. The maximum atomic E-state index is 11.5. The molecule has 2 rings (SSSR count). The van der Waals surface area contributed by atoms with E-state index in [1.807, 2.05) is 4.68 Å². The number of hydrogen-bond donors (Lipinski definition) is 2. The maximum absolute atomic E-state index is 11.5. The molecule has 17 heavy (non-hydrogen) atoms. The van der Waals surface area contributed by atoms with Crippen LogP contribution in [-0.2, 0) is 6.42 Å². The Balaban J connectivity index is 2.59. The molecule has 3 N–H and O–H groups in total. The van der Waals surface area contributed by atoms with Crippen molar-refractivity contribution in [3.8, 4) is 0 Å². The Morgan fingerprint density at radius 1 is 1.65 bits per heavy atom. The molecule has 5 heteroatoms. The summed E-state index contributed by atoms with van der Waals surface area (Å²) in [7, 11) is 0. The second-order valence-electron chi connectivity index (χ2n) is 4.78. The van der Waals surface area contributed by atoms with Crippen LogP contribution in [-0.4, -0.2) is 22.2 Å². The van der Waals surface area contributed by atoms with Gasteiger partial charge in [0, 0.05) is 36.3 Å². The first-order valence-corrected chi connectivity index (χ1v) is 6.20. The van der Waals surface area contributed by atoms with Gasteiger partial charge in [0.25, 0.3) is 5.91 Å². The number of primary amides is 1. The van der Waals surface area contributed by atoms with Gasteiger partial charge in [-0.05, 0) is 20.3 Å². The van der Waals surface area contributed by atoms with Crippen LogP contribution in [0, 0.1) is 0 Å². The number of amides is 1. The SMILES string of the molecule is CCC1NCCc2c1c(C(N)=O)nn2C(C)C. The lowest BCUT2D eigenvalue weighted by atomic mass is 9.96. The molecule has 1 aromatic rings. The topological polar surface area (TPSA) is 72.9 Å². The highest BCUT2D eigenvalue weighted by atomic mass is 16.1. The summed E-state index contributed by atoms with van der Waals surface area (Å²) in [6, 6.07) is 0.459. The van der Waals surface area contributed by atoms with Crippen molar-refractivity contribution in [3.63, 3.8) is 0 Å². The van der Waals surface area contributed by atoms with Crippen molar-refractivity contribution in [2.75, 3.05) is 6.54 Å². The highest BCUT2D eigenvalue weighted by Crippen LogP contribution is 2.30. The lowest BCUT2D eigenvalue weighted by Crippen LogP contribution is -2.31. The van der Waals surface area contributed by atoms with Gasteiger partial charge in [0.2, 0.25) is 0 Å². The number of carbonyl (C=O) groups excluding carboxylic acids is 1. The van der Waals surface area contributed by atoms with Crippen LogP contribution in [0.25, 0.3) is 0 Å². The van der Waals surface area contributed by atoms with Gasteiger partial charge in [-0.15, -0.1) is 0 Å². The van der Waals surface area contributed by atoms with Crippen LogP contribution in [0.3, 0.4) is 0 Å². The summed E-state index contributed by atoms with van der Waals surface area (Å²) in [4.78, 5) is 11.5. The summed E-state index contributed by atoms with van der Waals surface area (Å²) in [6.07, 6.45) is 1.85. The summed E-state index contributed by atoms with van der Waals surface area (Å²) in [6.45, 7) is 7.18. The van der Waals surface area contributed by atoms with Crippen LogP contribution in [0.4, 0.5) is 0 Å². The molecule has 1 aliphatic heterocycles. The van der Waals surface area contributed by atoms with Crippen molar-refractivity contribution < 1.29 is 4.79 Å². The number of carbonyl (C=O) groups is 1. The fraction of sp³-hybridized carbons (Fsp3) is 0.667. The van der Waals surface area contributed by atoms with Gasteiger partial charge < -0.3 is 11.1 Å². The zero-order valence-corrected chi connectivity index (χ0v) is 10.7. The van der Waals surface area contributed by atoms with E-state index in [1.54, 1.807) is 0 Å². The third-order valence-electron chi connectivity index (χ3n) is 3.28. The van der Waals surface area contributed by atoms with Crippen LogP contribution < -0.4 is 11.1 Å². The molecule has 0 saturated carbocycles. The van der Waals surface area contributed by atoms with Crippen LogP contribution in [0.15, 0.2) is 0 Å². The highest BCUT2D eigenvalue weighted by molar-refractivity contribution is 5.92. The monoisotopic (exact) mass is 236 g/mol. The number of nitrogens with zero attached hydrogens (tertiary/aromatic N) is 2. The maximum Gasteiger partial charge on any atom is 0.269 e. The summed E-state index contributed by atoms with van der Waals surface area (Å²) < 4.78 is 1.94. The Morgan fingerprint density at radius 3 is 2.88 bits per heavy atom. The van der Waals surface area contributed by atoms with Crippen LogP contribution in [0.2, 0.25) is 0 Å². The molecule has 0 aromatic carbocycles. The minimum atomic E-state index is -0.428. The Bertz CT molecular complexity index is 436. The molecule has 0 bridgehead atoms. The van der Waals surface area contributed by atoms with Gasteiger partial charge in [-0.3, -0.25) is 9.48 Å². The van der Waals surface area contributed by atoms with E-state index < -0.39 is 5.91 Å². The lowest BCUT2D eigenvalue weighted by Gasteiger charge is -2.24. The smallest absolute Gasteiger partial charge is 0.269 e. The number of fused-ring (bicyclic) bond motifs is 1. The Kier molecular flexibility index (Phi) is 3.19. The molecule has 0 radical (unpaired) electrons. The van der Waals surface area contributed by atoms with E-state index in [2.05, 4.69) is 31.2 Å². The quantitative estimate of drug-likeness (QED) is 0.827. The molecule has 0 saturated heterocycles. The first-order chi connectivity index (χ1) is 8.06. The zero-order chi connectivity index (χ0) is 12.6. The molecular formula is C12H20N4O. The Hall–Kier alpha value is -1.36. The van der Waals surface area contributed by atoms with Crippen molar-refractivity contribution in [3.05, 3.63) is 17.0 Å². The first-order valence-electron chi connectivity index (χ1n) is 6.20. The third kappa shape index (κ3) is 1.95. The number of nitrogens with two attached hydrogens (primary N) is 1. The molecule has 1 atom stereocenters. The van der Waals surface area contributed by atoms with Crippen LogP contribution >= 0.6 is 0 Å². The van der Waals surface area contributed by atoms with Crippen LogP contribution in [0.1, 0.15) is 61.0 Å². The number of rotatable bonds is 3. The normalized spacial score (nSPS) is 19.4. The molecule has 94 valence electrons. The first kappa shape index (κ1) is 12.1. The zero-order valence-electron chi connectivity index (χ0n) is 10.7. The number of hydrogen-bond acceptors (Lipinski definition) is 3. The molecule has 1 aliphatic rings. The van der Waals surface area contributed by atoms with Gasteiger partial charge in [-0.25, -0.2) is 0 Å². The molecule has 2 heterocycles. The van der Waals surface area contributed by atoms with Crippen LogP contribution in [0.5, 0.6) is 0 Å². The second-order valence-corrected chi connectivity index (χ2v) is 4.78. The van der Waals surface area contributed by atoms with E-state index in [0.717, 1.165) is 24.9 Å². The number of nitrogens with one attached hydrogen (secondary N) is 1. The lowest BCUT2D eigenvalue weighted by molar-refractivity contribution is 0.0993. The van der Waals surface area contributed by atoms with Gasteiger partial charge in [-0.2, -0.15) is 5.10 Å². The van der Waals surface area contributed by atoms with E-state index in [0.29, 0.717) is 5.69 Å². The van der Waals surface area contributed by atoms with E-state index in [4.69, 9.17) is 5.73 Å². The molecule has 0 aliphatic carbocycles. The van der Waals surface area contributed by atoms with Crippen molar-refractivity contribution in [1.82, 2.24) is 15.1 Å². The summed E-state index contributed by atoms with van der Waals surface area (Å²) in [5.41, 5.74) is 8.04. The van der Waals surface area contributed by atoms with E-state index in [9.17, 15) is 4.79 Å².